The zero-order valence-corrected chi connectivity index (χ0v) is 6.30. The molecule has 62 valence electrons. The summed E-state index contributed by atoms with van der Waals surface area (Å²) in [7, 11) is 2.63. The van der Waals surface area contributed by atoms with Crippen LogP contribution in [0.2, 0.25) is 0 Å². The molecule has 0 radical (unpaired) electrons. The average molecular weight is 160 g/mol. The van der Waals surface area contributed by atoms with E-state index in [9.17, 15) is 14.0 Å². The van der Waals surface area contributed by atoms with Gasteiger partial charge in [-0.15, -0.1) is 0 Å². The molecule has 2 amide bonds. The van der Waals surface area contributed by atoms with E-state index in [0.29, 0.717) is 6.41 Å². The lowest BCUT2D eigenvalue weighted by Crippen LogP contribution is -2.20. The summed E-state index contributed by atoms with van der Waals surface area (Å²) in [5.74, 6) is -1.85. The van der Waals surface area contributed by atoms with Crippen LogP contribution < -0.4 is 5.32 Å². The van der Waals surface area contributed by atoms with Gasteiger partial charge in [0.05, 0.1) is 0 Å². The van der Waals surface area contributed by atoms with Crippen molar-refractivity contribution in [1.82, 2.24) is 10.2 Å². The highest BCUT2D eigenvalue weighted by atomic mass is 19.1. The zero-order valence-electron chi connectivity index (χ0n) is 6.30. The maximum atomic E-state index is 12.5. The van der Waals surface area contributed by atoms with Crippen molar-refractivity contribution in [2.45, 2.75) is 0 Å². The molecule has 0 heterocycles. The third-order valence-corrected chi connectivity index (χ3v) is 0.927. The number of likely N-dealkylation sites (N-methyl/N-ethyl adjacent to an activating group) is 1. The first-order chi connectivity index (χ1) is 5.11. The Labute approximate surface area is 63.7 Å². The minimum atomic E-state index is -0.998. The molecule has 11 heavy (non-hydrogen) atoms. The molecule has 0 fully saturated rings. The SMILES string of the molecule is CNC(=O)/C(F)=C\N(C)C=O. The van der Waals surface area contributed by atoms with Crippen molar-refractivity contribution in [3.8, 4) is 0 Å². The first-order valence-corrected chi connectivity index (χ1v) is 2.88. The van der Waals surface area contributed by atoms with Gasteiger partial charge in [0, 0.05) is 20.3 Å². The number of nitrogens with zero attached hydrogens (tertiary/aromatic N) is 1. The molecule has 0 saturated heterocycles. The van der Waals surface area contributed by atoms with Crippen molar-refractivity contribution >= 4 is 12.3 Å². The summed E-state index contributed by atoms with van der Waals surface area (Å²) < 4.78 is 12.5. The summed E-state index contributed by atoms with van der Waals surface area (Å²) >= 11 is 0. The number of amides is 2. The molecule has 0 atom stereocenters. The van der Waals surface area contributed by atoms with Gasteiger partial charge >= 0.3 is 0 Å². The first kappa shape index (κ1) is 9.61. The van der Waals surface area contributed by atoms with Crippen LogP contribution >= 0.6 is 0 Å². The Balaban J connectivity index is 4.20. The van der Waals surface area contributed by atoms with Gasteiger partial charge in [0.1, 0.15) is 0 Å². The predicted molar refractivity (Wildman–Crippen MR) is 37.1 cm³/mol. The molecule has 0 aliphatic heterocycles. The maximum absolute atomic E-state index is 12.5. The molecule has 0 aromatic heterocycles. The van der Waals surface area contributed by atoms with E-state index in [1.165, 1.54) is 14.1 Å². The van der Waals surface area contributed by atoms with Gasteiger partial charge in [0.25, 0.3) is 5.91 Å². The normalized spacial score (nSPS) is 10.6. The van der Waals surface area contributed by atoms with Crippen LogP contribution in [0.5, 0.6) is 0 Å². The van der Waals surface area contributed by atoms with Crippen molar-refractivity contribution in [3.63, 3.8) is 0 Å². The maximum Gasteiger partial charge on any atom is 0.281 e. The third-order valence-electron chi connectivity index (χ3n) is 0.927. The van der Waals surface area contributed by atoms with Crippen LogP contribution in [-0.2, 0) is 9.59 Å². The van der Waals surface area contributed by atoms with Crippen LogP contribution in [0.4, 0.5) is 4.39 Å². The number of rotatable bonds is 3. The molecule has 5 heteroatoms. The molecule has 0 unspecified atom stereocenters. The van der Waals surface area contributed by atoms with Crippen molar-refractivity contribution in [3.05, 3.63) is 12.0 Å². The van der Waals surface area contributed by atoms with Crippen LogP contribution in [0.25, 0.3) is 0 Å². The number of carbonyl (C=O) groups excluding carboxylic acids is 2. The fraction of sp³-hybridized carbons (Fsp3) is 0.333. The van der Waals surface area contributed by atoms with Gasteiger partial charge in [0.15, 0.2) is 0 Å². The lowest BCUT2D eigenvalue weighted by Gasteiger charge is -2.02. The molecular formula is C6H9FN2O2. The molecule has 0 saturated carbocycles. The molecular weight excluding hydrogens is 151 g/mol. The van der Waals surface area contributed by atoms with Gasteiger partial charge in [0.2, 0.25) is 12.2 Å². The zero-order chi connectivity index (χ0) is 8.85. The predicted octanol–water partition coefficient (Wildman–Crippen LogP) is -0.369. The highest BCUT2D eigenvalue weighted by molar-refractivity contribution is 5.90. The lowest BCUT2D eigenvalue weighted by atomic mass is 10.5. The Morgan fingerprint density at radius 1 is 1.64 bits per heavy atom. The van der Waals surface area contributed by atoms with Crippen LogP contribution in [0.3, 0.4) is 0 Å². The Hall–Kier alpha value is -1.39. The molecule has 0 aliphatic carbocycles. The molecule has 0 spiro atoms. The summed E-state index contributed by atoms with van der Waals surface area (Å²) in [6, 6.07) is 0. The quantitative estimate of drug-likeness (QED) is 0.452. The highest BCUT2D eigenvalue weighted by Gasteiger charge is 2.05. The van der Waals surface area contributed by atoms with Crippen LogP contribution in [-0.4, -0.2) is 31.3 Å². The van der Waals surface area contributed by atoms with Gasteiger partial charge in [-0.05, 0) is 0 Å². The van der Waals surface area contributed by atoms with Crippen molar-refractivity contribution in [2.75, 3.05) is 14.1 Å². The average Bonchev–Trinajstić information content (AvgIpc) is 2.02. The van der Waals surface area contributed by atoms with E-state index >= 15 is 0 Å². The Morgan fingerprint density at radius 3 is 2.55 bits per heavy atom. The summed E-state index contributed by atoms with van der Waals surface area (Å²) in [6.07, 6.45) is 1.19. The summed E-state index contributed by atoms with van der Waals surface area (Å²) in [6.45, 7) is 0. The van der Waals surface area contributed by atoms with Gasteiger partial charge in [-0.1, -0.05) is 0 Å². The number of hydrogen-bond donors (Lipinski definition) is 1. The van der Waals surface area contributed by atoms with Crippen molar-refractivity contribution in [2.24, 2.45) is 0 Å². The summed E-state index contributed by atoms with van der Waals surface area (Å²) in [4.78, 5) is 21.3. The molecule has 0 rings (SSSR count). The Kier molecular flexibility index (Phi) is 3.87. The highest BCUT2D eigenvalue weighted by Crippen LogP contribution is 1.95. The van der Waals surface area contributed by atoms with Gasteiger partial charge < -0.3 is 10.2 Å². The Morgan fingerprint density at radius 2 is 2.18 bits per heavy atom. The molecule has 0 aromatic carbocycles. The van der Waals surface area contributed by atoms with E-state index in [4.69, 9.17) is 0 Å². The molecule has 1 N–H and O–H groups in total. The van der Waals surface area contributed by atoms with Crippen LogP contribution in [0.15, 0.2) is 12.0 Å². The van der Waals surface area contributed by atoms with E-state index in [1.807, 2.05) is 0 Å². The first-order valence-electron chi connectivity index (χ1n) is 2.88. The number of carbonyl (C=O) groups is 2. The Bertz CT molecular complexity index is 191. The summed E-state index contributed by atoms with van der Waals surface area (Å²) in [5, 5.41) is 2.07. The van der Waals surface area contributed by atoms with Crippen molar-refractivity contribution in [1.29, 1.82) is 0 Å². The smallest absolute Gasteiger partial charge is 0.281 e. The van der Waals surface area contributed by atoms with E-state index in [-0.39, 0.29) is 0 Å². The fourth-order valence-corrected chi connectivity index (χ4v) is 0.387. The van der Waals surface area contributed by atoms with Crippen LogP contribution in [0.1, 0.15) is 0 Å². The fourth-order valence-electron chi connectivity index (χ4n) is 0.387. The van der Waals surface area contributed by atoms with E-state index in [0.717, 1.165) is 11.1 Å². The third kappa shape index (κ3) is 3.34. The molecule has 0 aromatic rings. The van der Waals surface area contributed by atoms with Crippen LogP contribution in [0, 0.1) is 0 Å². The van der Waals surface area contributed by atoms with Crippen molar-refractivity contribution < 1.29 is 14.0 Å². The summed E-state index contributed by atoms with van der Waals surface area (Å²) in [5.41, 5.74) is 0. The van der Waals surface area contributed by atoms with Gasteiger partial charge in [-0.3, -0.25) is 9.59 Å². The van der Waals surface area contributed by atoms with E-state index in [1.54, 1.807) is 0 Å². The van der Waals surface area contributed by atoms with E-state index < -0.39 is 11.7 Å². The number of hydrogen-bond acceptors (Lipinski definition) is 2. The second kappa shape index (κ2) is 4.43. The number of halogens is 1. The largest absolute Gasteiger partial charge is 0.353 e. The standard InChI is InChI=1S/C6H9FN2O2/c1-8-6(11)5(7)3-9(2)4-10/h3-4H,1-2H3,(H,8,11)/b5-3+. The lowest BCUT2D eigenvalue weighted by molar-refractivity contribution is -0.118. The topological polar surface area (TPSA) is 49.4 Å². The molecule has 4 nitrogen and oxygen atoms in total. The second-order valence-electron chi connectivity index (χ2n) is 1.83. The van der Waals surface area contributed by atoms with Gasteiger partial charge in [-0.2, -0.15) is 4.39 Å². The van der Waals surface area contributed by atoms with E-state index in [2.05, 4.69) is 5.32 Å². The molecule has 0 aliphatic rings. The number of nitrogens with one attached hydrogen (secondary N) is 1. The minimum absolute atomic E-state index is 0.391. The second-order valence-corrected chi connectivity index (χ2v) is 1.83. The van der Waals surface area contributed by atoms with Gasteiger partial charge in [-0.25, -0.2) is 0 Å². The molecule has 0 bridgehead atoms. The minimum Gasteiger partial charge on any atom is -0.353 e. The monoisotopic (exact) mass is 160 g/mol.